The number of guanidine groups is 1. The third-order valence-corrected chi connectivity index (χ3v) is 5.41. The van der Waals surface area contributed by atoms with Gasteiger partial charge in [-0.25, -0.2) is 4.98 Å². The van der Waals surface area contributed by atoms with Crippen molar-refractivity contribution < 1.29 is 5.11 Å². The number of aliphatic imine (C=N–C) groups is 1. The Balaban J connectivity index is 0.00000272. The number of aromatic amines is 1. The SMILES string of the molecule is CCNC(=NCCCc1nc2ccccc2[nH]1)N1CCN(c2ccccc2O)CC1.I. The van der Waals surface area contributed by atoms with Gasteiger partial charge in [0.1, 0.15) is 11.6 Å². The van der Waals surface area contributed by atoms with Gasteiger partial charge in [0.15, 0.2) is 5.96 Å². The number of rotatable bonds is 6. The number of nitrogens with one attached hydrogen (secondary N) is 2. The first kappa shape index (κ1) is 23.2. The predicted molar refractivity (Wildman–Crippen MR) is 138 cm³/mol. The average Bonchev–Trinajstić information content (AvgIpc) is 3.19. The van der Waals surface area contributed by atoms with E-state index in [1.807, 2.05) is 36.4 Å². The Hall–Kier alpha value is -2.49. The van der Waals surface area contributed by atoms with E-state index in [2.05, 4.69) is 38.1 Å². The highest BCUT2D eigenvalue weighted by molar-refractivity contribution is 14.0. The molecule has 0 atom stereocenters. The quantitative estimate of drug-likeness (QED) is 0.195. The predicted octanol–water partition coefficient (Wildman–Crippen LogP) is 3.61. The fourth-order valence-corrected chi connectivity index (χ4v) is 3.87. The third kappa shape index (κ3) is 5.81. The minimum Gasteiger partial charge on any atom is -0.506 e. The molecule has 1 fully saturated rings. The van der Waals surface area contributed by atoms with Crippen LogP contribution in [0.2, 0.25) is 0 Å². The zero-order valence-corrected chi connectivity index (χ0v) is 20.3. The Bertz CT molecular complexity index is 963. The Morgan fingerprint density at radius 3 is 2.58 bits per heavy atom. The molecule has 0 unspecified atom stereocenters. The number of phenols is 1. The van der Waals surface area contributed by atoms with Crippen molar-refractivity contribution in [2.45, 2.75) is 19.8 Å². The number of aromatic nitrogens is 2. The first-order chi connectivity index (χ1) is 14.7. The zero-order valence-electron chi connectivity index (χ0n) is 17.9. The second kappa shape index (κ2) is 11.2. The van der Waals surface area contributed by atoms with Crippen LogP contribution < -0.4 is 10.2 Å². The summed E-state index contributed by atoms with van der Waals surface area (Å²) in [6.07, 6.45) is 1.84. The lowest BCUT2D eigenvalue weighted by Crippen LogP contribution is -2.52. The molecule has 3 N–H and O–H groups in total. The molecule has 4 rings (SSSR count). The highest BCUT2D eigenvalue weighted by Crippen LogP contribution is 2.27. The van der Waals surface area contributed by atoms with Crippen LogP contribution >= 0.6 is 24.0 Å². The standard InChI is InChI=1S/C23H30N6O.HI/c1-2-24-23(25-13-7-12-22-26-18-8-3-4-9-19(18)27-22)29-16-14-28(15-17-29)20-10-5-6-11-21(20)30;/h3-6,8-11,30H,2,7,12-17H2,1H3,(H,24,25)(H,26,27);1H. The minimum atomic E-state index is 0. The summed E-state index contributed by atoms with van der Waals surface area (Å²) in [4.78, 5) is 17.4. The molecule has 166 valence electrons. The van der Waals surface area contributed by atoms with E-state index in [-0.39, 0.29) is 24.0 Å². The van der Waals surface area contributed by atoms with E-state index in [4.69, 9.17) is 4.99 Å². The largest absolute Gasteiger partial charge is 0.506 e. The van der Waals surface area contributed by atoms with Gasteiger partial charge in [0.25, 0.3) is 0 Å². The lowest BCUT2D eigenvalue weighted by atomic mass is 10.2. The lowest BCUT2D eigenvalue weighted by molar-refractivity contribution is 0.369. The molecule has 0 saturated carbocycles. The number of nitrogens with zero attached hydrogens (tertiary/aromatic N) is 4. The lowest BCUT2D eigenvalue weighted by Gasteiger charge is -2.37. The maximum atomic E-state index is 10.1. The first-order valence-corrected chi connectivity index (χ1v) is 10.7. The van der Waals surface area contributed by atoms with Gasteiger partial charge >= 0.3 is 0 Å². The van der Waals surface area contributed by atoms with Crippen LogP contribution in [0.5, 0.6) is 5.75 Å². The summed E-state index contributed by atoms with van der Waals surface area (Å²) in [5, 5.41) is 13.5. The van der Waals surface area contributed by atoms with Gasteiger partial charge < -0.3 is 25.2 Å². The summed E-state index contributed by atoms with van der Waals surface area (Å²) in [5.41, 5.74) is 3.02. The summed E-state index contributed by atoms with van der Waals surface area (Å²) in [7, 11) is 0. The molecule has 8 heteroatoms. The number of aryl methyl sites for hydroxylation is 1. The summed E-state index contributed by atoms with van der Waals surface area (Å²) in [5.74, 6) is 2.34. The van der Waals surface area contributed by atoms with Crippen LogP contribution in [0.15, 0.2) is 53.5 Å². The van der Waals surface area contributed by atoms with E-state index in [0.29, 0.717) is 5.75 Å². The Kier molecular flexibility index (Phi) is 8.39. The number of piperazine rings is 1. The third-order valence-electron chi connectivity index (χ3n) is 5.41. The van der Waals surface area contributed by atoms with Crippen LogP contribution in [0, 0.1) is 0 Å². The van der Waals surface area contributed by atoms with Crippen LogP contribution in [0.1, 0.15) is 19.2 Å². The van der Waals surface area contributed by atoms with E-state index < -0.39 is 0 Å². The van der Waals surface area contributed by atoms with E-state index in [1.165, 1.54) is 0 Å². The summed E-state index contributed by atoms with van der Waals surface area (Å²) in [6.45, 7) is 7.19. The number of phenolic OH excluding ortho intramolecular Hbond substituents is 1. The summed E-state index contributed by atoms with van der Waals surface area (Å²) < 4.78 is 0. The maximum absolute atomic E-state index is 10.1. The van der Waals surface area contributed by atoms with E-state index in [1.54, 1.807) is 6.07 Å². The Morgan fingerprint density at radius 2 is 1.84 bits per heavy atom. The molecule has 0 aliphatic carbocycles. The van der Waals surface area contributed by atoms with Gasteiger partial charge in [0, 0.05) is 45.7 Å². The second-order valence-corrected chi connectivity index (χ2v) is 7.50. The van der Waals surface area contributed by atoms with Crippen LogP contribution in [0.25, 0.3) is 11.0 Å². The topological polar surface area (TPSA) is 79.8 Å². The molecule has 0 spiro atoms. The van der Waals surface area contributed by atoms with Gasteiger partial charge in [-0.2, -0.15) is 0 Å². The van der Waals surface area contributed by atoms with Crippen LogP contribution in [-0.2, 0) is 6.42 Å². The first-order valence-electron chi connectivity index (χ1n) is 10.7. The molecule has 31 heavy (non-hydrogen) atoms. The van der Waals surface area contributed by atoms with Crippen LogP contribution in [0.4, 0.5) is 5.69 Å². The number of hydrogen-bond donors (Lipinski definition) is 3. The van der Waals surface area contributed by atoms with Crippen molar-refractivity contribution >= 4 is 46.7 Å². The summed E-state index contributed by atoms with van der Waals surface area (Å²) >= 11 is 0. The molecule has 1 aromatic heterocycles. The molecule has 1 aliphatic heterocycles. The van der Waals surface area contributed by atoms with Crippen LogP contribution in [-0.4, -0.2) is 65.2 Å². The van der Waals surface area contributed by atoms with Gasteiger partial charge in [-0.15, -0.1) is 24.0 Å². The molecule has 2 aromatic carbocycles. The van der Waals surface area contributed by atoms with Gasteiger partial charge in [0.05, 0.1) is 16.7 Å². The number of fused-ring (bicyclic) bond motifs is 1. The number of H-pyrrole nitrogens is 1. The fraction of sp³-hybridized carbons (Fsp3) is 0.391. The van der Waals surface area contributed by atoms with Crippen molar-refractivity contribution in [1.29, 1.82) is 0 Å². The number of hydrogen-bond acceptors (Lipinski definition) is 4. The fourth-order valence-electron chi connectivity index (χ4n) is 3.87. The molecule has 0 radical (unpaired) electrons. The maximum Gasteiger partial charge on any atom is 0.194 e. The van der Waals surface area contributed by atoms with Crippen LogP contribution in [0.3, 0.4) is 0 Å². The van der Waals surface area contributed by atoms with Gasteiger partial charge in [0.2, 0.25) is 0 Å². The molecule has 7 nitrogen and oxygen atoms in total. The number of imidazole rings is 1. The number of aromatic hydroxyl groups is 1. The van der Waals surface area contributed by atoms with Gasteiger partial charge in [-0.3, -0.25) is 4.99 Å². The van der Waals surface area contributed by atoms with E-state index in [0.717, 1.165) is 80.6 Å². The normalized spacial score (nSPS) is 14.5. The Morgan fingerprint density at radius 1 is 1.10 bits per heavy atom. The number of benzene rings is 2. The zero-order chi connectivity index (χ0) is 20.8. The molecule has 1 saturated heterocycles. The molecular formula is C23H31IN6O. The number of anilines is 1. The van der Waals surface area contributed by atoms with Crippen molar-refractivity contribution in [2.75, 3.05) is 44.2 Å². The second-order valence-electron chi connectivity index (χ2n) is 7.50. The molecule has 1 aliphatic rings. The molecule has 0 amide bonds. The van der Waals surface area contributed by atoms with Crippen molar-refractivity contribution in [3.05, 3.63) is 54.4 Å². The highest BCUT2D eigenvalue weighted by Gasteiger charge is 2.21. The van der Waals surface area contributed by atoms with Crippen molar-refractivity contribution in [1.82, 2.24) is 20.2 Å². The average molecular weight is 534 g/mol. The number of para-hydroxylation sites is 4. The molecule has 2 heterocycles. The molecular weight excluding hydrogens is 503 g/mol. The molecule has 3 aromatic rings. The summed E-state index contributed by atoms with van der Waals surface area (Å²) in [6, 6.07) is 15.7. The van der Waals surface area contributed by atoms with E-state index >= 15 is 0 Å². The van der Waals surface area contributed by atoms with Crippen molar-refractivity contribution in [3.8, 4) is 5.75 Å². The minimum absolute atomic E-state index is 0. The van der Waals surface area contributed by atoms with E-state index in [9.17, 15) is 5.11 Å². The number of halogens is 1. The molecule has 0 bridgehead atoms. The monoisotopic (exact) mass is 534 g/mol. The Labute approximate surface area is 200 Å². The highest BCUT2D eigenvalue weighted by atomic mass is 127. The smallest absolute Gasteiger partial charge is 0.194 e. The van der Waals surface area contributed by atoms with Crippen molar-refractivity contribution in [3.63, 3.8) is 0 Å². The van der Waals surface area contributed by atoms with Gasteiger partial charge in [-0.05, 0) is 37.6 Å². The van der Waals surface area contributed by atoms with Gasteiger partial charge in [-0.1, -0.05) is 24.3 Å². The van der Waals surface area contributed by atoms with Crippen molar-refractivity contribution in [2.24, 2.45) is 4.99 Å².